The molecule has 0 radical (unpaired) electrons. The van der Waals surface area contributed by atoms with Crippen LogP contribution in [0.4, 0.5) is 0 Å². The fourth-order valence-corrected chi connectivity index (χ4v) is 2.31. The van der Waals surface area contributed by atoms with E-state index in [1.54, 1.807) is 0 Å². The molecule has 0 unspecified atom stereocenters. The average Bonchev–Trinajstić information content (AvgIpc) is 2.52. The molecule has 0 fully saturated rings. The van der Waals surface area contributed by atoms with Crippen LogP contribution in [0.25, 0.3) is 35.8 Å². The normalized spacial score (nSPS) is 10.6. The minimum absolute atomic E-state index is 0.668. The van der Waals surface area contributed by atoms with E-state index < -0.39 is 0 Å². The molecule has 0 saturated carbocycles. The molecule has 0 amide bonds. The van der Waals surface area contributed by atoms with Crippen molar-refractivity contribution >= 4 is 13.2 Å². The summed E-state index contributed by atoms with van der Waals surface area (Å²) in [6, 6.07) is 16.5. The van der Waals surface area contributed by atoms with Crippen LogP contribution in [0.1, 0.15) is 11.1 Å². The highest BCUT2D eigenvalue weighted by atomic mass is 14.9. The number of nitrogens with zero attached hydrogens (tertiary/aromatic N) is 2. The van der Waals surface area contributed by atoms with Crippen molar-refractivity contribution in [1.82, 2.24) is 9.97 Å². The van der Waals surface area contributed by atoms with Crippen molar-refractivity contribution in [2.45, 2.75) is 13.8 Å². The fourth-order valence-electron chi connectivity index (χ4n) is 2.31. The van der Waals surface area contributed by atoms with Crippen LogP contribution in [0.5, 0.6) is 0 Å². The van der Waals surface area contributed by atoms with E-state index in [0.717, 1.165) is 22.0 Å². The minimum Gasteiger partial charge on any atom is -0.229 e. The van der Waals surface area contributed by atoms with E-state index >= 15 is 0 Å². The van der Waals surface area contributed by atoms with Gasteiger partial charge < -0.3 is 0 Å². The van der Waals surface area contributed by atoms with Crippen molar-refractivity contribution < 1.29 is 0 Å². The van der Waals surface area contributed by atoms with E-state index in [-0.39, 0.29) is 0 Å². The van der Waals surface area contributed by atoms with Crippen molar-refractivity contribution in [2.75, 3.05) is 0 Å². The van der Waals surface area contributed by atoms with Gasteiger partial charge in [-0.1, -0.05) is 72.8 Å². The molecule has 1 heterocycles. The van der Waals surface area contributed by atoms with Crippen molar-refractivity contribution in [3.8, 4) is 22.6 Å². The maximum absolute atomic E-state index is 4.72. The standard InChI is InChI=1S/C20H18N2/c1-13-5-9-17(10-6-13)19-15(3)16(4)21-20(22-19)18-11-7-14(2)8-12-18/h5-12H,3-4H2,1-2H3. The Kier molecular flexibility index (Phi) is 3.60. The van der Waals surface area contributed by atoms with Crippen molar-refractivity contribution in [3.05, 3.63) is 70.2 Å². The molecule has 1 aromatic heterocycles. The lowest BCUT2D eigenvalue weighted by Crippen LogP contribution is -2.29. The van der Waals surface area contributed by atoms with E-state index in [4.69, 9.17) is 4.98 Å². The molecule has 108 valence electrons. The van der Waals surface area contributed by atoms with Gasteiger partial charge in [-0.25, -0.2) is 9.97 Å². The predicted molar refractivity (Wildman–Crippen MR) is 92.7 cm³/mol. The van der Waals surface area contributed by atoms with Gasteiger partial charge in [-0.3, -0.25) is 0 Å². The highest BCUT2D eigenvalue weighted by molar-refractivity contribution is 5.64. The van der Waals surface area contributed by atoms with Crippen LogP contribution in [0.3, 0.4) is 0 Å². The third-order valence-corrected chi connectivity index (χ3v) is 3.73. The smallest absolute Gasteiger partial charge is 0.160 e. The molecule has 22 heavy (non-hydrogen) atoms. The topological polar surface area (TPSA) is 25.8 Å². The second-order valence-electron chi connectivity index (χ2n) is 5.55. The largest absolute Gasteiger partial charge is 0.229 e. The molecule has 0 atom stereocenters. The lowest BCUT2D eigenvalue weighted by atomic mass is 10.1. The molecule has 0 aliphatic carbocycles. The Hall–Kier alpha value is -2.74. The van der Waals surface area contributed by atoms with Crippen LogP contribution >= 0.6 is 0 Å². The predicted octanol–water partition coefficient (Wildman–Crippen LogP) is 3.25. The number of aromatic nitrogens is 2. The molecular formula is C20H18N2. The molecule has 0 spiro atoms. The zero-order chi connectivity index (χ0) is 15.7. The maximum Gasteiger partial charge on any atom is 0.160 e. The Bertz CT molecular complexity index is 908. The van der Waals surface area contributed by atoms with Gasteiger partial charge in [0.1, 0.15) is 0 Å². The first-order valence-corrected chi connectivity index (χ1v) is 7.24. The monoisotopic (exact) mass is 286 g/mol. The summed E-state index contributed by atoms with van der Waals surface area (Å²) in [5, 5.41) is 1.45. The van der Waals surface area contributed by atoms with Crippen LogP contribution in [-0.2, 0) is 0 Å². The van der Waals surface area contributed by atoms with Gasteiger partial charge in [0.2, 0.25) is 0 Å². The van der Waals surface area contributed by atoms with E-state index in [9.17, 15) is 0 Å². The Labute approximate surface area is 130 Å². The van der Waals surface area contributed by atoms with E-state index in [0.29, 0.717) is 11.2 Å². The van der Waals surface area contributed by atoms with Gasteiger partial charge >= 0.3 is 0 Å². The van der Waals surface area contributed by atoms with Crippen LogP contribution in [0.15, 0.2) is 48.5 Å². The summed E-state index contributed by atoms with van der Waals surface area (Å²) in [5.74, 6) is 0.688. The van der Waals surface area contributed by atoms with E-state index in [1.165, 1.54) is 11.1 Å². The van der Waals surface area contributed by atoms with Gasteiger partial charge in [-0.05, 0) is 13.8 Å². The summed E-state index contributed by atoms with van der Waals surface area (Å²) in [4.78, 5) is 9.21. The molecule has 0 aliphatic rings. The zero-order valence-electron chi connectivity index (χ0n) is 12.9. The Morgan fingerprint density at radius 2 is 1.18 bits per heavy atom. The summed E-state index contributed by atoms with van der Waals surface area (Å²) in [7, 11) is 0. The van der Waals surface area contributed by atoms with Crippen LogP contribution in [-0.4, -0.2) is 9.97 Å². The summed E-state index contributed by atoms with van der Waals surface area (Å²) in [5.41, 5.74) is 5.30. The van der Waals surface area contributed by atoms with Gasteiger partial charge in [-0.2, -0.15) is 0 Å². The zero-order valence-corrected chi connectivity index (χ0v) is 12.9. The van der Waals surface area contributed by atoms with Gasteiger partial charge in [0.05, 0.1) is 11.0 Å². The van der Waals surface area contributed by atoms with Crippen LogP contribution in [0.2, 0.25) is 0 Å². The molecule has 0 N–H and O–H groups in total. The molecule has 0 saturated heterocycles. The second kappa shape index (κ2) is 5.57. The number of hydrogen-bond donors (Lipinski definition) is 0. The molecule has 2 aromatic carbocycles. The lowest BCUT2D eigenvalue weighted by Gasteiger charge is -2.07. The first-order chi connectivity index (χ1) is 10.5. The highest BCUT2D eigenvalue weighted by Crippen LogP contribution is 2.18. The summed E-state index contributed by atoms with van der Waals surface area (Å²) in [6.45, 7) is 12.2. The minimum atomic E-state index is 0.668. The Morgan fingerprint density at radius 3 is 1.73 bits per heavy atom. The third-order valence-electron chi connectivity index (χ3n) is 3.73. The first kappa shape index (κ1) is 14.2. The van der Waals surface area contributed by atoms with Crippen LogP contribution in [0, 0.1) is 13.8 Å². The number of hydrogen-bond acceptors (Lipinski definition) is 2. The molecule has 0 bridgehead atoms. The van der Waals surface area contributed by atoms with Gasteiger partial charge in [-0.15, -0.1) is 0 Å². The summed E-state index contributed by atoms with van der Waals surface area (Å²) in [6.07, 6.45) is 0. The molecule has 3 aromatic rings. The third kappa shape index (κ3) is 2.68. The van der Waals surface area contributed by atoms with E-state index in [2.05, 4.69) is 68.4 Å². The maximum atomic E-state index is 4.72. The number of aryl methyl sites for hydroxylation is 2. The van der Waals surface area contributed by atoms with Crippen molar-refractivity contribution in [2.24, 2.45) is 0 Å². The van der Waals surface area contributed by atoms with Gasteiger partial charge in [0, 0.05) is 16.3 Å². The highest BCUT2D eigenvalue weighted by Gasteiger charge is 2.07. The SMILES string of the molecule is C=c1nc(-c2ccc(C)cc2)nc(-c2ccc(C)cc2)c1=C. The Balaban J connectivity index is 2.19. The number of benzene rings is 2. The molecular weight excluding hydrogens is 268 g/mol. The van der Waals surface area contributed by atoms with E-state index in [1.807, 2.05) is 12.1 Å². The lowest BCUT2D eigenvalue weighted by molar-refractivity contribution is 1.12. The Morgan fingerprint density at radius 1 is 0.682 bits per heavy atom. The van der Waals surface area contributed by atoms with Crippen molar-refractivity contribution in [1.29, 1.82) is 0 Å². The quantitative estimate of drug-likeness (QED) is 0.722. The van der Waals surface area contributed by atoms with Gasteiger partial charge in [0.15, 0.2) is 5.82 Å². The number of rotatable bonds is 2. The second-order valence-corrected chi connectivity index (χ2v) is 5.55. The molecule has 3 rings (SSSR count). The molecule has 2 nitrogen and oxygen atoms in total. The van der Waals surface area contributed by atoms with Crippen LogP contribution < -0.4 is 10.6 Å². The van der Waals surface area contributed by atoms with Crippen molar-refractivity contribution in [3.63, 3.8) is 0 Å². The average molecular weight is 286 g/mol. The fraction of sp³-hybridized carbons (Fsp3) is 0.100. The van der Waals surface area contributed by atoms with Gasteiger partial charge in [0.25, 0.3) is 0 Å². The first-order valence-electron chi connectivity index (χ1n) is 7.24. The molecule has 0 aliphatic heterocycles. The summed E-state index contributed by atoms with van der Waals surface area (Å²) >= 11 is 0. The summed E-state index contributed by atoms with van der Waals surface area (Å²) < 4.78 is 0. The molecule has 2 heteroatoms.